The summed E-state index contributed by atoms with van der Waals surface area (Å²) in [5.74, 6) is 0.170. The van der Waals surface area contributed by atoms with Crippen LogP contribution < -0.4 is 5.73 Å². The summed E-state index contributed by atoms with van der Waals surface area (Å²) >= 11 is 0. The number of nitrogens with zero attached hydrogens (tertiary/aromatic N) is 2. The average molecular weight is 241 g/mol. The van der Waals surface area contributed by atoms with Crippen molar-refractivity contribution in [3.05, 3.63) is 0 Å². The van der Waals surface area contributed by atoms with Crippen LogP contribution in [0.5, 0.6) is 0 Å². The smallest absolute Gasteiger partial charge is 0.236 e. The van der Waals surface area contributed by atoms with E-state index >= 15 is 0 Å². The largest absolute Gasteiger partial charge is 0.348 e. The van der Waals surface area contributed by atoms with Crippen LogP contribution in [0.15, 0.2) is 0 Å². The van der Waals surface area contributed by atoms with Gasteiger partial charge in [-0.2, -0.15) is 0 Å². The molecule has 0 aromatic carbocycles. The second-order valence-electron chi connectivity index (χ2n) is 5.22. The van der Waals surface area contributed by atoms with Crippen molar-refractivity contribution in [2.75, 3.05) is 27.2 Å². The molecule has 2 unspecified atom stereocenters. The maximum absolute atomic E-state index is 11.8. The molecule has 4 nitrogen and oxygen atoms in total. The Morgan fingerprint density at radius 3 is 2.47 bits per heavy atom. The molecule has 1 aliphatic carbocycles. The zero-order valence-corrected chi connectivity index (χ0v) is 11.5. The van der Waals surface area contributed by atoms with Gasteiger partial charge in [0.25, 0.3) is 0 Å². The third-order valence-corrected chi connectivity index (χ3v) is 3.74. The van der Waals surface area contributed by atoms with Crippen LogP contribution in [0.4, 0.5) is 0 Å². The monoisotopic (exact) mass is 241 g/mol. The summed E-state index contributed by atoms with van der Waals surface area (Å²) in [4.78, 5) is 15.7. The Balaban J connectivity index is 2.60. The molecule has 17 heavy (non-hydrogen) atoms. The molecule has 1 rings (SSSR count). The minimum absolute atomic E-state index is 0.170. The zero-order valence-electron chi connectivity index (χ0n) is 11.5. The molecular weight excluding hydrogens is 214 g/mol. The number of likely N-dealkylation sites (N-methyl/N-ethyl adjacent to an activating group) is 2. The molecule has 2 atom stereocenters. The minimum atomic E-state index is 0.170. The van der Waals surface area contributed by atoms with Gasteiger partial charge >= 0.3 is 0 Å². The molecule has 4 heteroatoms. The summed E-state index contributed by atoms with van der Waals surface area (Å²) < 4.78 is 0. The summed E-state index contributed by atoms with van der Waals surface area (Å²) in [7, 11) is 3.62. The van der Waals surface area contributed by atoms with Crippen molar-refractivity contribution >= 4 is 5.91 Å². The van der Waals surface area contributed by atoms with E-state index in [1.165, 1.54) is 19.3 Å². The minimum Gasteiger partial charge on any atom is -0.348 e. The van der Waals surface area contributed by atoms with Gasteiger partial charge in [0, 0.05) is 26.2 Å². The molecular formula is C13H27N3O. The van der Waals surface area contributed by atoms with Gasteiger partial charge in [0.15, 0.2) is 0 Å². The van der Waals surface area contributed by atoms with E-state index in [0.717, 1.165) is 19.4 Å². The first-order valence-electron chi connectivity index (χ1n) is 6.76. The standard InChI is InChI=1S/C13H27N3O/c1-4-16(10-13(17)15(2)3)12-9-7-5-6-8-11(12)14/h11-12H,4-10,14H2,1-3H3. The highest BCUT2D eigenvalue weighted by atomic mass is 16.2. The number of rotatable bonds is 4. The molecule has 2 N–H and O–H groups in total. The summed E-state index contributed by atoms with van der Waals surface area (Å²) in [5, 5.41) is 0. The van der Waals surface area contributed by atoms with Crippen LogP contribution in [0.2, 0.25) is 0 Å². The number of hydrogen-bond acceptors (Lipinski definition) is 3. The average Bonchev–Trinajstić information content (AvgIpc) is 2.50. The van der Waals surface area contributed by atoms with Crippen molar-refractivity contribution in [1.82, 2.24) is 9.80 Å². The molecule has 0 aromatic rings. The number of carbonyl (C=O) groups is 1. The highest BCUT2D eigenvalue weighted by Crippen LogP contribution is 2.21. The summed E-state index contributed by atoms with van der Waals surface area (Å²) in [6, 6.07) is 0.610. The van der Waals surface area contributed by atoms with Gasteiger partial charge in [0.05, 0.1) is 6.54 Å². The Morgan fingerprint density at radius 1 is 1.24 bits per heavy atom. The van der Waals surface area contributed by atoms with E-state index in [-0.39, 0.29) is 11.9 Å². The third kappa shape index (κ3) is 4.28. The SMILES string of the molecule is CCN(CC(=O)N(C)C)C1CCCCCC1N. The predicted octanol–water partition coefficient (Wildman–Crippen LogP) is 1.06. The van der Waals surface area contributed by atoms with Gasteiger partial charge in [-0.3, -0.25) is 9.69 Å². The van der Waals surface area contributed by atoms with Crippen molar-refractivity contribution in [3.63, 3.8) is 0 Å². The quantitative estimate of drug-likeness (QED) is 0.749. The van der Waals surface area contributed by atoms with E-state index in [2.05, 4.69) is 11.8 Å². The van der Waals surface area contributed by atoms with Crippen molar-refractivity contribution in [1.29, 1.82) is 0 Å². The molecule has 1 fully saturated rings. The van der Waals surface area contributed by atoms with E-state index < -0.39 is 0 Å². The number of amides is 1. The van der Waals surface area contributed by atoms with Crippen LogP contribution in [-0.4, -0.2) is 55.0 Å². The highest BCUT2D eigenvalue weighted by molar-refractivity contribution is 5.77. The first kappa shape index (κ1) is 14.5. The summed E-state index contributed by atoms with van der Waals surface area (Å²) in [5.41, 5.74) is 6.24. The van der Waals surface area contributed by atoms with E-state index in [0.29, 0.717) is 12.6 Å². The van der Waals surface area contributed by atoms with Crippen LogP contribution in [0.3, 0.4) is 0 Å². The molecule has 0 radical (unpaired) electrons. The molecule has 0 aliphatic heterocycles. The van der Waals surface area contributed by atoms with Crippen molar-refractivity contribution < 1.29 is 4.79 Å². The Bertz CT molecular complexity index is 243. The van der Waals surface area contributed by atoms with Crippen LogP contribution in [0.25, 0.3) is 0 Å². The fraction of sp³-hybridized carbons (Fsp3) is 0.923. The molecule has 0 heterocycles. The second-order valence-corrected chi connectivity index (χ2v) is 5.22. The van der Waals surface area contributed by atoms with E-state index in [1.54, 1.807) is 4.90 Å². The molecule has 0 aromatic heterocycles. The maximum Gasteiger partial charge on any atom is 0.236 e. The molecule has 1 amide bonds. The number of hydrogen-bond donors (Lipinski definition) is 1. The van der Waals surface area contributed by atoms with Crippen molar-refractivity contribution in [2.24, 2.45) is 5.73 Å². The number of nitrogens with two attached hydrogens (primary N) is 1. The van der Waals surface area contributed by atoms with Gasteiger partial charge in [-0.1, -0.05) is 26.2 Å². The van der Waals surface area contributed by atoms with E-state index in [1.807, 2.05) is 14.1 Å². The summed E-state index contributed by atoms with van der Waals surface area (Å²) in [6.45, 7) is 3.51. The fourth-order valence-corrected chi connectivity index (χ4v) is 2.55. The first-order valence-corrected chi connectivity index (χ1v) is 6.76. The normalized spacial score (nSPS) is 25.7. The van der Waals surface area contributed by atoms with Crippen LogP contribution in [0.1, 0.15) is 39.0 Å². The Kier molecular flexibility index (Phi) is 5.92. The maximum atomic E-state index is 11.8. The Hall–Kier alpha value is -0.610. The van der Waals surface area contributed by atoms with Crippen LogP contribution in [-0.2, 0) is 4.79 Å². The Labute approximate surface area is 105 Å². The van der Waals surface area contributed by atoms with Gasteiger partial charge in [-0.15, -0.1) is 0 Å². The predicted molar refractivity (Wildman–Crippen MR) is 70.8 cm³/mol. The molecule has 1 aliphatic rings. The Morgan fingerprint density at radius 2 is 1.88 bits per heavy atom. The van der Waals surface area contributed by atoms with Crippen LogP contribution in [0, 0.1) is 0 Å². The van der Waals surface area contributed by atoms with Crippen LogP contribution >= 0.6 is 0 Å². The lowest BCUT2D eigenvalue weighted by Crippen LogP contribution is -2.50. The van der Waals surface area contributed by atoms with Gasteiger partial charge in [-0.05, 0) is 19.4 Å². The molecule has 0 saturated heterocycles. The molecule has 0 bridgehead atoms. The molecule has 100 valence electrons. The van der Waals surface area contributed by atoms with Crippen molar-refractivity contribution in [3.8, 4) is 0 Å². The van der Waals surface area contributed by atoms with E-state index in [4.69, 9.17) is 5.73 Å². The highest BCUT2D eigenvalue weighted by Gasteiger charge is 2.27. The molecule has 1 saturated carbocycles. The van der Waals surface area contributed by atoms with E-state index in [9.17, 15) is 4.79 Å². The first-order chi connectivity index (χ1) is 8.06. The van der Waals surface area contributed by atoms with Gasteiger partial charge < -0.3 is 10.6 Å². The second kappa shape index (κ2) is 6.97. The van der Waals surface area contributed by atoms with Gasteiger partial charge in [0.1, 0.15) is 0 Å². The lowest BCUT2D eigenvalue weighted by molar-refractivity contribution is -0.130. The number of carbonyl (C=O) groups excluding carboxylic acids is 1. The third-order valence-electron chi connectivity index (χ3n) is 3.74. The topological polar surface area (TPSA) is 49.6 Å². The van der Waals surface area contributed by atoms with Crippen molar-refractivity contribution in [2.45, 2.75) is 51.1 Å². The summed E-state index contributed by atoms with van der Waals surface area (Å²) in [6.07, 6.45) is 5.98. The zero-order chi connectivity index (χ0) is 12.8. The van der Waals surface area contributed by atoms with Gasteiger partial charge in [-0.25, -0.2) is 0 Å². The lowest BCUT2D eigenvalue weighted by Gasteiger charge is -2.34. The molecule has 0 spiro atoms. The lowest BCUT2D eigenvalue weighted by atomic mass is 10.0. The fourth-order valence-electron chi connectivity index (χ4n) is 2.55. The van der Waals surface area contributed by atoms with Gasteiger partial charge in [0.2, 0.25) is 5.91 Å².